The van der Waals surface area contributed by atoms with Crippen molar-refractivity contribution in [1.29, 1.82) is 0 Å². The van der Waals surface area contributed by atoms with Crippen LogP contribution in [-0.2, 0) is 16.0 Å². The lowest BCUT2D eigenvalue weighted by Crippen LogP contribution is -2.40. The van der Waals surface area contributed by atoms with Crippen molar-refractivity contribution in [3.63, 3.8) is 0 Å². The number of carbonyl (C=O) groups excluding carboxylic acids is 2. The Morgan fingerprint density at radius 1 is 0.897 bits per heavy atom. The highest BCUT2D eigenvalue weighted by Crippen LogP contribution is 2.28. The molecule has 1 atom stereocenters. The van der Waals surface area contributed by atoms with E-state index in [1.54, 1.807) is 11.9 Å². The standard InChI is InChI=1S/C33H39N3O2.ClH/c1-34-25-30(24-32(34)37)33(38)36(31-15-8-14-29(23-31)28-12-6-3-7-13-28)19-9-18-35-20-16-27(17-21-35)22-26-10-4-2-5-11-26;/h2-8,10-15,23,27,30H,9,16-22,24-25H2,1H3;1H. The molecule has 5 rings (SSSR count). The lowest BCUT2D eigenvalue weighted by Gasteiger charge is -2.33. The van der Waals surface area contributed by atoms with Gasteiger partial charge < -0.3 is 14.7 Å². The van der Waals surface area contributed by atoms with E-state index < -0.39 is 0 Å². The third-order valence-electron chi connectivity index (χ3n) is 8.15. The van der Waals surface area contributed by atoms with E-state index in [9.17, 15) is 9.59 Å². The van der Waals surface area contributed by atoms with Crippen molar-refractivity contribution >= 4 is 29.9 Å². The Labute approximate surface area is 239 Å². The molecule has 2 fully saturated rings. The Bertz CT molecular complexity index is 1210. The van der Waals surface area contributed by atoms with Gasteiger partial charge in [0.2, 0.25) is 11.8 Å². The third-order valence-corrected chi connectivity index (χ3v) is 8.15. The number of rotatable bonds is 9. The third kappa shape index (κ3) is 7.49. The van der Waals surface area contributed by atoms with Crippen LogP contribution < -0.4 is 4.90 Å². The van der Waals surface area contributed by atoms with E-state index in [0.717, 1.165) is 48.8 Å². The quantitative estimate of drug-likeness (QED) is 0.335. The van der Waals surface area contributed by atoms with Gasteiger partial charge in [0, 0.05) is 32.2 Å². The molecule has 2 aliphatic rings. The maximum Gasteiger partial charge on any atom is 0.232 e. The first-order valence-electron chi connectivity index (χ1n) is 14.0. The Kier molecular flexibility index (Phi) is 10.2. The molecule has 3 aromatic carbocycles. The average Bonchev–Trinajstić information content (AvgIpc) is 3.30. The molecule has 6 heteroatoms. The van der Waals surface area contributed by atoms with Crippen LogP contribution in [0.4, 0.5) is 5.69 Å². The molecule has 39 heavy (non-hydrogen) atoms. The van der Waals surface area contributed by atoms with Crippen LogP contribution in [0.5, 0.6) is 0 Å². The first-order valence-corrected chi connectivity index (χ1v) is 14.0. The summed E-state index contributed by atoms with van der Waals surface area (Å²) >= 11 is 0. The van der Waals surface area contributed by atoms with Crippen LogP contribution in [0.25, 0.3) is 11.1 Å². The number of benzene rings is 3. The Morgan fingerprint density at radius 2 is 1.56 bits per heavy atom. The Morgan fingerprint density at radius 3 is 2.23 bits per heavy atom. The number of hydrogen-bond donors (Lipinski definition) is 0. The summed E-state index contributed by atoms with van der Waals surface area (Å²) in [5.41, 5.74) is 4.59. The van der Waals surface area contributed by atoms with E-state index in [4.69, 9.17) is 0 Å². The van der Waals surface area contributed by atoms with E-state index >= 15 is 0 Å². The van der Waals surface area contributed by atoms with E-state index in [1.165, 1.54) is 24.8 Å². The first-order chi connectivity index (χ1) is 18.6. The highest BCUT2D eigenvalue weighted by atomic mass is 35.5. The number of hydrogen-bond acceptors (Lipinski definition) is 3. The summed E-state index contributed by atoms with van der Waals surface area (Å²) in [6.07, 6.45) is 4.85. The van der Waals surface area contributed by atoms with Crippen LogP contribution in [-0.4, -0.2) is 61.4 Å². The van der Waals surface area contributed by atoms with E-state index in [2.05, 4.69) is 59.5 Å². The Hall–Kier alpha value is -3.15. The molecule has 0 saturated carbocycles. The van der Waals surface area contributed by atoms with Crippen molar-refractivity contribution in [2.45, 2.75) is 32.1 Å². The van der Waals surface area contributed by atoms with Crippen molar-refractivity contribution in [2.75, 3.05) is 44.7 Å². The molecule has 5 nitrogen and oxygen atoms in total. The summed E-state index contributed by atoms with van der Waals surface area (Å²) in [4.78, 5) is 32.1. The summed E-state index contributed by atoms with van der Waals surface area (Å²) in [7, 11) is 1.79. The van der Waals surface area contributed by atoms with Crippen molar-refractivity contribution < 1.29 is 9.59 Å². The van der Waals surface area contributed by atoms with Gasteiger partial charge in [-0.3, -0.25) is 9.59 Å². The second-order valence-electron chi connectivity index (χ2n) is 10.9. The van der Waals surface area contributed by atoms with Gasteiger partial charge in [-0.25, -0.2) is 0 Å². The van der Waals surface area contributed by atoms with Crippen molar-refractivity contribution in [2.24, 2.45) is 11.8 Å². The minimum atomic E-state index is -0.276. The highest BCUT2D eigenvalue weighted by molar-refractivity contribution is 5.99. The molecule has 0 aliphatic carbocycles. The smallest absolute Gasteiger partial charge is 0.232 e. The maximum atomic E-state index is 13.7. The Balaban J connectivity index is 0.00000353. The summed E-state index contributed by atoms with van der Waals surface area (Å²) in [6.45, 7) is 4.40. The van der Waals surface area contributed by atoms with E-state index in [1.807, 2.05) is 35.2 Å². The van der Waals surface area contributed by atoms with Gasteiger partial charge >= 0.3 is 0 Å². The number of carbonyl (C=O) groups is 2. The summed E-state index contributed by atoms with van der Waals surface area (Å²) in [5, 5.41) is 0. The molecule has 2 heterocycles. The lowest BCUT2D eigenvalue weighted by atomic mass is 9.90. The van der Waals surface area contributed by atoms with E-state index in [0.29, 0.717) is 19.5 Å². The fourth-order valence-electron chi connectivity index (χ4n) is 5.91. The predicted octanol–water partition coefficient (Wildman–Crippen LogP) is 5.93. The first kappa shape index (κ1) is 28.8. The minimum absolute atomic E-state index is 0. The monoisotopic (exact) mass is 545 g/mol. The largest absolute Gasteiger partial charge is 0.345 e. The average molecular weight is 546 g/mol. The molecule has 0 bridgehead atoms. The van der Waals surface area contributed by atoms with Crippen LogP contribution in [0.2, 0.25) is 0 Å². The molecular formula is C33H40ClN3O2. The number of halogens is 1. The summed E-state index contributed by atoms with van der Waals surface area (Å²) in [6, 6.07) is 29.4. The number of nitrogens with zero attached hydrogens (tertiary/aromatic N) is 3. The highest BCUT2D eigenvalue weighted by Gasteiger charge is 2.35. The topological polar surface area (TPSA) is 43.9 Å². The zero-order valence-corrected chi connectivity index (χ0v) is 23.7. The predicted molar refractivity (Wildman–Crippen MR) is 161 cm³/mol. The lowest BCUT2D eigenvalue weighted by molar-refractivity contribution is -0.127. The van der Waals surface area contributed by atoms with Gasteiger partial charge in [-0.05, 0) is 80.1 Å². The molecule has 1 unspecified atom stereocenters. The van der Waals surface area contributed by atoms with Gasteiger partial charge in [0.25, 0.3) is 0 Å². The van der Waals surface area contributed by atoms with Gasteiger partial charge in [0.15, 0.2) is 0 Å². The van der Waals surface area contributed by atoms with Crippen LogP contribution >= 0.6 is 12.4 Å². The van der Waals surface area contributed by atoms with Crippen LogP contribution in [0.1, 0.15) is 31.2 Å². The molecule has 0 aromatic heterocycles. The normalized spacial score (nSPS) is 18.1. The fourth-order valence-corrected chi connectivity index (χ4v) is 5.91. The molecule has 3 aromatic rings. The van der Waals surface area contributed by atoms with Crippen molar-refractivity contribution in [1.82, 2.24) is 9.80 Å². The SMILES string of the molecule is CN1CC(C(=O)N(CCCN2CCC(Cc3ccccc3)CC2)c2cccc(-c3ccccc3)c2)CC1=O.Cl. The van der Waals surface area contributed by atoms with Gasteiger partial charge in [0.05, 0.1) is 5.92 Å². The second kappa shape index (κ2) is 13.8. The van der Waals surface area contributed by atoms with Gasteiger partial charge in [-0.2, -0.15) is 0 Å². The molecule has 0 radical (unpaired) electrons. The van der Waals surface area contributed by atoms with Gasteiger partial charge in [-0.15, -0.1) is 12.4 Å². The van der Waals surface area contributed by atoms with Gasteiger partial charge in [-0.1, -0.05) is 72.8 Å². The molecular weight excluding hydrogens is 506 g/mol. The van der Waals surface area contributed by atoms with Crippen LogP contribution in [0.3, 0.4) is 0 Å². The fraction of sp³-hybridized carbons (Fsp3) is 0.394. The number of anilines is 1. The summed E-state index contributed by atoms with van der Waals surface area (Å²) < 4.78 is 0. The molecule has 0 N–H and O–H groups in total. The molecule has 206 valence electrons. The number of piperidine rings is 1. The van der Waals surface area contributed by atoms with Crippen molar-refractivity contribution in [3.8, 4) is 11.1 Å². The number of amides is 2. The maximum absolute atomic E-state index is 13.7. The van der Waals surface area contributed by atoms with E-state index in [-0.39, 0.29) is 30.1 Å². The molecule has 0 spiro atoms. The minimum Gasteiger partial charge on any atom is -0.345 e. The van der Waals surface area contributed by atoms with Crippen LogP contribution in [0.15, 0.2) is 84.9 Å². The van der Waals surface area contributed by atoms with Gasteiger partial charge in [0.1, 0.15) is 0 Å². The van der Waals surface area contributed by atoms with Crippen LogP contribution in [0, 0.1) is 11.8 Å². The number of likely N-dealkylation sites (tertiary alicyclic amines) is 2. The molecule has 2 saturated heterocycles. The zero-order valence-electron chi connectivity index (χ0n) is 22.9. The van der Waals surface area contributed by atoms with Crippen molar-refractivity contribution in [3.05, 3.63) is 90.5 Å². The second-order valence-corrected chi connectivity index (χ2v) is 10.9. The molecule has 2 aliphatic heterocycles. The zero-order chi connectivity index (χ0) is 26.3. The summed E-state index contributed by atoms with van der Waals surface area (Å²) in [5.74, 6) is 0.597. The molecule has 2 amide bonds.